The Labute approximate surface area is 120 Å². The second kappa shape index (κ2) is 7.04. The third-order valence-electron chi connectivity index (χ3n) is 2.61. The summed E-state index contributed by atoms with van der Waals surface area (Å²) in [4.78, 5) is 42.9. The SMILES string of the molecule is O=C(CCCSc1ccccn1)ON1C(=O)CCC1=O. The Bertz CT molecular complexity index is 490. The Hall–Kier alpha value is -1.89. The van der Waals surface area contributed by atoms with E-state index in [-0.39, 0.29) is 19.3 Å². The van der Waals surface area contributed by atoms with Gasteiger partial charge >= 0.3 is 5.97 Å². The summed E-state index contributed by atoms with van der Waals surface area (Å²) in [5.41, 5.74) is 0. The van der Waals surface area contributed by atoms with Crippen LogP contribution in [0.5, 0.6) is 0 Å². The van der Waals surface area contributed by atoms with Gasteiger partial charge in [0, 0.05) is 31.2 Å². The zero-order chi connectivity index (χ0) is 14.4. The van der Waals surface area contributed by atoms with Crippen molar-refractivity contribution in [2.75, 3.05) is 5.75 Å². The predicted octanol–water partition coefficient (Wildman–Crippen LogP) is 1.56. The maximum absolute atomic E-state index is 11.5. The van der Waals surface area contributed by atoms with E-state index in [2.05, 4.69) is 4.98 Å². The van der Waals surface area contributed by atoms with E-state index in [9.17, 15) is 14.4 Å². The lowest BCUT2D eigenvalue weighted by Gasteiger charge is -2.12. The summed E-state index contributed by atoms with van der Waals surface area (Å²) in [5, 5.41) is 1.47. The summed E-state index contributed by atoms with van der Waals surface area (Å²) in [6.07, 6.45) is 2.69. The smallest absolute Gasteiger partial charge is 0.330 e. The summed E-state index contributed by atoms with van der Waals surface area (Å²) in [6, 6.07) is 5.63. The minimum Gasteiger partial charge on any atom is -0.330 e. The lowest BCUT2D eigenvalue weighted by molar-refractivity contribution is -0.197. The molecule has 0 spiro atoms. The Balaban J connectivity index is 1.65. The lowest BCUT2D eigenvalue weighted by Crippen LogP contribution is -2.32. The van der Waals surface area contributed by atoms with Crippen molar-refractivity contribution >= 4 is 29.5 Å². The van der Waals surface area contributed by atoms with Gasteiger partial charge in [0.05, 0.1) is 5.03 Å². The van der Waals surface area contributed by atoms with E-state index in [1.807, 2.05) is 18.2 Å². The van der Waals surface area contributed by atoms with Gasteiger partial charge in [-0.3, -0.25) is 9.59 Å². The van der Waals surface area contributed by atoms with Gasteiger partial charge in [0.15, 0.2) is 0 Å². The molecule has 1 aromatic heterocycles. The van der Waals surface area contributed by atoms with E-state index in [1.54, 1.807) is 6.20 Å². The van der Waals surface area contributed by atoms with E-state index in [1.165, 1.54) is 11.8 Å². The third kappa shape index (κ3) is 4.06. The molecule has 0 atom stereocenters. The topological polar surface area (TPSA) is 76.6 Å². The van der Waals surface area contributed by atoms with Crippen molar-refractivity contribution < 1.29 is 19.2 Å². The molecule has 106 valence electrons. The van der Waals surface area contributed by atoms with Crippen molar-refractivity contribution in [1.82, 2.24) is 10.0 Å². The van der Waals surface area contributed by atoms with E-state index in [4.69, 9.17) is 4.84 Å². The maximum Gasteiger partial charge on any atom is 0.333 e. The molecule has 1 aromatic rings. The van der Waals surface area contributed by atoms with Crippen LogP contribution in [0, 0.1) is 0 Å². The first-order chi connectivity index (χ1) is 9.66. The average molecular weight is 294 g/mol. The molecule has 2 rings (SSSR count). The number of amides is 2. The zero-order valence-electron chi connectivity index (χ0n) is 10.8. The van der Waals surface area contributed by atoms with Crippen molar-refractivity contribution in [3.63, 3.8) is 0 Å². The lowest BCUT2D eigenvalue weighted by atomic mass is 10.3. The van der Waals surface area contributed by atoms with Gasteiger partial charge < -0.3 is 4.84 Å². The Morgan fingerprint density at radius 3 is 2.70 bits per heavy atom. The van der Waals surface area contributed by atoms with Crippen molar-refractivity contribution in [1.29, 1.82) is 0 Å². The fourth-order valence-electron chi connectivity index (χ4n) is 1.63. The molecular formula is C13H14N2O4S. The van der Waals surface area contributed by atoms with Gasteiger partial charge in [0.1, 0.15) is 0 Å². The monoisotopic (exact) mass is 294 g/mol. The molecule has 0 N–H and O–H groups in total. The molecule has 2 heterocycles. The number of hydrogen-bond acceptors (Lipinski definition) is 6. The van der Waals surface area contributed by atoms with Crippen molar-refractivity contribution in [3.05, 3.63) is 24.4 Å². The molecule has 0 aliphatic carbocycles. The van der Waals surface area contributed by atoms with Crippen LogP contribution in [0.15, 0.2) is 29.4 Å². The molecule has 1 aliphatic rings. The number of nitrogens with zero attached hydrogens (tertiary/aromatic N) is 2. The van der Waals surface area contributed by atoms with Crippen LogP contribution in [0.25, 0.3) is 0 Å². The van der Waals surface area contributed by atoms with Crippen LogP contribution in [-0.4, -0.2) is 33.6 Å². The summed E-state index contributed by atoms with van der Waals surface area (Å²) >= 11 is 1.54. The highest BCUT2D eigenvalue weighted by Gasteiger charge is 2.32. The van der Waals surface area contributed by atoms with Crippen LogP contribution in [-0.2, 0) is 19.2 Å². The van der Waals surface area contributed by atoms with Crippen LogP contribution in [0.1, 0.15) is 25.7 Å². The first kappa shape index (κ1) is 14.5. The molecule has 1 aliphatic heterocycles. The first-order valence-corrected chi connectivity index (χ1v) is 7.26. The van der Waals surface area contributed by atoms with E-state index < -0.39 is 17.8 Å². The van der Waals surface area contributed by atoms with E-state index in [0.29, 0.717) is 17.2 Å². The highest BCUT2D eigenvalue weighted by molar-refractivity contribution is 7.99. The molecule has 0 bridgehead atoms. The van der Waals surface area contributed by atoms with Crippen molar-refractivity contribution in [2.24, 2.45) is 0 Å². The fourth-order valence-corrected chi connectivity index (χ4v) is 2.44. The maximum atomic E-state index is 11.5. The number of hydrogen-bond donors (Lipinski definition) is 0. The normalized spacial score (nSPS) is 14.7. The zero-order valence-corrected chi connectivity index (χ0v) is 11.6. The summed E-state index contributed by atoms with van der Waals surface area (Å²) in [7, 11) is 0. The van der Waals surface area contributed by atoms with Gasteiger partial charge in [-0.15, -0.1) is 16.8 Å². The van der Waals surface area contributed by atoms with Crippen LogP contribution in [0.3, 0.4) is 0 Å². The van der Waals surface area contributed by atoms with Crippen molar-refractivity contribution in [2.45, 2.75) is 30.7 Å². The van der Waals surface area contributed by atoms with E-state index in [0.717, 1.165) is 5.03 Å². The Morgan fingerprint density at radius 2 is 2.05 bits per heavy atom. The molecule has 0 radical (unpaired) electrons. The molecule has 0 unspecified atom stereocenters. The minimum absolute atomic E-state index is 0.113. The molecule has 20 heavy (non-hydrogen) atoms. The van der Waals surface area contributed by atoms with Gasteiger partial charge in [0.25, 0.3) is 11.8 Å². The highest BCUT2D eigenvalue weighted by atomic mass is 32.2. The Morgan fingerprint density at radius 1 is 1.30 bits per heavy atom. The predicted molar refractivity (Wildman–Crippen MR) is 71.4 cm³/mol. The fraction of sp³-hybridized carbons (Fsp3) is 0.385. The highest BCUT2D eigenvalue weighted by Crippen LogP contribution is 2.17. The molecule has 2 amide bonds. The number of pyridine rings is 1. The van der Waals surface area contributed by atoms with Gasteiger partial charge in [-0.1, -0.05) is 6.07 Å². The second-order valence-corrected chi connectivity index (χ2v) is 5.28. The second-order valence-electron chi connectivity index (χ2n) is 4.17. The molecule has 0 aromatic carbocycles. The summed E-state index contributed by atoms with van der Waals surface area (Å²) in [6.45, 7) is 0. The molecule has 6 nitrogen and oxygen atoms in total. The number of hydroxylamine groups is 2. The molecule has 1 fully saturated rings. The molecule has 1 saturated heterocycles. The summed E-state index contributed by atoms with van der Waals surface area (Å²) < 4.78 is 0. The number of imide groups is 1. The molecule has 0 saturated carbocycles. The average Bonchev–Trinajstić information content (AvgIpc) is 2.77. The van der Waals surface area contributed by atoms with Gasteiger partial charge in [0.2, 0.25) is 0 Å². The van der Waals surface area contributed by atoms with Crippen molar-refractivity contribution in [3.8, 4) is 0 Å². The molecular weight excluding hydrogens is 280 g/mol. The quantitative estimate of drug-likeness (QED) is 0.450. The van der Waals surface area contributed by atoms with Gasteiger partial charge in [-0.2, -0.15) is 0 Å². The van der Waals surface area contributed by atoms with Crippen LogP contribution in [0.4, 0.5) is 0 Å². The van der Waals surface area contributed by atoms with Crippen LogP contribution in [0.2, 0.25) is 0 Å². The van der Waals surface area contributed by atoms with Gasteiger partial charge in [-0.05, 0) is 18.6 Å². The number of carbonyl (C=O) groups excluding carboxylic acids is 3. The first-order valence-electron chi connectivity index (χ1n) is 6.27. The number of rotatable bonds is 6. The number of carbonyl (C=O) groups is 3. The number of aromatic nitrogens is 1. The van der Waals surface area contributed by atoms with Crippen LogP contribution >= 0.6 is 11.8 Å². The largest absolute Gasteiger partial charge is 0.333 e. The van der Waals surface area contributed by atoms with Gasteiger partial charge in [-0.25, -0.2) is 9.78 Å². The minimum atomic E-state index is -0.560. The Kier molecular flexibility index (Phi) is 5.11. The standard InChI is InChI=1S/C13H14N2O4S/c16-11-6-7-12(17)15(11)19-13(18)5-3-9-20-10-4-1-2-8-14-10/h1-2,4,8H,3,5-7,9H2. The van der Waals surface area contributed by atoms with E-state index >= 15 is 0 Å². The molecule has 7 heteroatoms. The summed E-state index contributed by atoms with van der Waals surface area (Å²) in [5.74, 6) is -0.749. The van der Waals surface area contributed by atoms with Crippen LogP contribution < -0.4 is 0 Å². The third-order valence-corrected chi connectivity index (χ3v) is 3.64. The number of thioether (sulfide) groups is 1.